The van der Waals surface area contributed by atoms with Gasteiger partial charge in [-0.1, -0.05) is 223 Å². The van der Waals surface area contributed by atoms with E-state index >= 15 is 0 Å². The van der Waals surface area contributed by atoms with E-state index in [1.807, 2.05) is 0 Å². The van der Waals surface area contributed by atoms with Crippen LogP contribution in [0.3, 0.4) is 0 Å². The fourth-order valence-electron chi connectivity index (χ4n) is 7.44. The summed E-state index contributed by atoms with van der Waals surface area (Å²) in [5.74, 6) is -0.593. The van der Waals surface area contributed by atoms with Crippen molar-refractivity contribution in [3.63, 3.8) is 0 Å². The number of carbonyl (C=O) groups excluding carboxylic acids is 2. The van der Waals surface area contributed by atoms with Gasteiger partial charge in [0, 0.05) is 12.8 Å². The van der Waals surface area contributed by atoms with Gasteiger partial charge in [0.15, 0.2) is 6.10 Å². The predicted molar refractivity (Wildman–Crippen MR) is 256 cm³/mol. The highest BCUT2D eigenvalue weighted by molar-refractivity contribution is 5.70. The van der Waals surface area contributed by atoms with Crippen LogP contribution in [0.5, 0.6) is 0 Å². The molecule has 59 heavy (non-hydrogen) atoms. The van der Waals surface area contributed by atoms with E-state index in [0.29, 0.717) is 12.8 Å². The van der Waals surface area contributed by atoms with E-state index in [1.165, 1.54) is 180 Å². The van der Waals surface area contributed by atoms with E-state index in [1.54, 1.807) is 0 Å². The minimum atomic E-state index is -0.775. The maximum Gasteiger partial charge on any atom is 0.306 e. The van der Waals surface area contributed by atoms with Crippen molar-refractivity contribution in [3.8, 4) is 0 Å². The maximum absolute atomic E-state index is 12.3. The fraction of sp³-hybridized carbons (Fsp3) is 0.815. The van der Waals surface area contributed by atoms with Crippen LogP contribution < -0.4 is 0 Å². The number of esters is 2. The van der Waals surface area contributed by atoms with E-state index in [2.05, 4.69) is 62.5 Å². The Kier molecular flexibility index (Phi) is 48.4. The van der Waals surface area contributed by atoms with Crippen molar-refractivity contribution in [1.29, 1.82) is 0 Å². The van der Waals surface area contributed by atoms with Crippen LogP contribution in [0.25, 0.3) is 0 Å². The zero-order chi connectivity index (χ0) is 42.8. The molecule has 0 aliphatic rings. The lowest BCUT2D eigenvalue weighted by molar-refractivity contribution is -0.161. The molecule has 0 rings (SSSR count). The van der Waals surface area contributed by atoms with Crippen molar-refractivity contribution >= 4 is 11.9 Å². The number of hydrogen-bond donors (Lipinski definition) is 1. The molecule has 1 N–H and O–H groups in total. The molecule has 0 aromatic heterocycles. The Bertz CT molecular complexity index is 981. The minimum absolute atomic E-state index is 0.0688. The number of unbranched alkanes of at least 4 members (excludes halogenated alkanes) is 31. The number of allylic oxidation sites excluding steroid dienone is 8. The molecule has 0 heterocycles. The lowest BCUT2D eigenvalue weighted by Crippen LogP contribution is -2.28. The molecule has 1 atom stereocenters. The first-order valence-electron chi connectivity index (χ1n) is 25.7. The minimum Gasteiger partial charge on any atom is -0.462 e. The summed E-state index contributed by atoms with van der Waals surface area (Å²) < 4.78 is 10.7. The van der Waals surface area contributed by atoms with E-state index in [0.717, 1.165) is 57.8 Å². The van der Waals surface area contributed by atoms with Crippen LogP contribution in [0.4, 0.5) is 0 Å². The topological polar surface area (TPSA) is 72.8 Å². The number of aliphatic hydroxyl groups excluding tert-OH is 1. The van der Waals surface area contributed by atoms with Crippen LogP contribution in [0, 0.1) is 0 Å². The number of hydrogen-bond acceptors (Lipinski definition) is 5. The molecule has 0 spiro atoms. The largest absolute Gasteiger partial charge is 0.462 e. The molecule has 1 unspecified atom stereocenters. The van der Waals surface area contributed by atoms with Crippen LogP contribution in [-0.4, -0.2) is 36.4 Å². The van der Waals surface area contributed by atoms with Crippen LogP contribution in [-0.2, 0) is 19.1 Å². The van der Waals surface area contributed by atoms with E-state index in [-0.39, 0.29) is 25.2 Å². The van der Waals surface area contributed by atoms with Crippen LogP contribution in [0.15, 0.2) is 48.6 Å². The van der Waals surface area contributed by atoms with Crippen LogP contribution in [0.2, 0.25) is 0 Å². The first kappa shape index (κ1) is 56.9. The molecule has 344 valence electrons. The number of aliphatic hydroxyl groups is 1. The monoisotopic (exact) mass is 827 g/mol. The fourth-order valence-corrected chi connectivity index (χ4v) is 7.44. The van der Waals surface area contributed by atoms with Gasteiger partial charge in [-0.15, -0.1) is 0 Å². The molecule has 0 fully saturated rings. The average molecular weight is 827 g/mol. The van der Waals surface area contributed by atoms with Gasteiger partial charge in [0.2, 0.25) is 0 Å². The molecule has 0 saturated carbocycles. The number of ether oxygens (including phenoxy) is 2. The van der Waals surface area contributed by atoms with E-state index < -0.39 is 6.10 Å². The molecule has 0 saturated heterocycles. The van der Waals surface area contributed by atoms with Crippen molar-refractivity contribution < 1.29 is 24.2 Å². The Morgan fingerprint density at radius 3 is 1.03 bits per heavy atom. The highest BCUT2D eigenvalue weighted by atomic mass is 16.6. The van der Waals surface area contributed by atoms with Crippen molar-refractivity contribution in [3.05, 3.63) is 48.6 Å². The summed E-state index contributed by atoms with van der Waals surface area (Å²) in [5, 5.41) is 9.62. The summed E-state index contributed by atoms with van der Waals surface area (Å²) in [6.07, 6.45) is 64.9. The summed E-state index contributed by atoms with van der Waals surface area (Å²) >= 11 is 0. The van der Waals surface area contributed by atoms with Gasteiger partial charge in [-0.05, 0) is 77.0 Å². The Balaban J connectivity index is 3.48. The molecular formula is C54H98O5. The molecule has 0 radical (unpaired) electrons. The SMILES string of the molecule is CCCCCCC/C=C\C/C=C\C/C=C\CCCCCCCCCCCCCCCCC(=O)OC(CO)COC(=O)CCCCCCC/C=C\CCCCCCCCC. The summed E-state index contributed by atoms with van der Waals surface area (Å²) in [6, 6.07) is 0. The normalized spacial score (nSPS) is 12.5. The zero-order valence-electron chi connectivity index (χ0n) is 39.3. The first-order valence-corrected chi connectivity index (χ1v) is 25.7. The quantitative estimate of drug-likeness (QED) is 0.0376. The van der Waals surface area contributed by atoms with Crippen molar-refractivity contribution in [2.75, 3.05) is 13.2 Å². The lowest BCUT2D eigenvalue weighted by Gasteiger charge is -2.15. The molecule has 0 aromatic rings. The van der Waals surface area contributed by atoms with Gasteiger partial charge in [-0.25, -0.2) is 0 Å². The molecule has 0 aliphatic heterocycles. The van der Waals surface area contributed by atoms with Gasteiger partial charge in [0.25, 0.3) is 0 Å². The highest BCUT2D eigenvalue weighted by Gasteiger charge is 2.16. The van der Waals surface area contributed by atoms with E-state index in [4.69, 9.17) is 9.47 Å². The second-order valence-corrected chi connectivity index (χ2v) is 17.2. The third kappa shape index (κ3) is 48.4. The molecular weight excluding hydrogens is 729 g/mol. The highest BCUT2D eigenvalue weighted by Crippen LogP contribution is 2.15. The number of carbonyl (C=O) groups is 2. The smallest absolute Gasteiger partial charge is 0.306 e. The zero-order valence-corrected chi connectivity index (χ0v) is 39.3. The molecule has 0 amide bonds. The summed E-state index contributed by atoms with van der Waals surface area (Å²) in [6.45, 7) is 4.14. The van der Waals surface area contributed by atoms with Gasteiger partial charge in [0.1, 0.15) is 6.61 Å². The molecule has 0 aliphatic carbocycles. The second kappa shape index (κ2) is 50.2. The van der Waals surface area contributed by atoms with Crippen molar-refractivity contribution in [2.45, 2.75) is 270 Å². The molecule has 5 nitrogen and oxygen atoms in total. The van der Waals surface area contributed by atoms with Crippen molar-refractivity contribution in [1.82, 2.24) is 0 Å². The van der Waals surface area contributed by atoms with Gasteiger partial charge in [0.05, 0.1) is 6.61 Å². The van der Waals surface area contributed by atoms with Gasteiger partial charge in [-0.2, -0.15) is 0 Å². The summed E-state index contributed by atoms with van der Waals surface area (Å²) in [5.41, 5.74) is 0. The Hall–Kier alpha value is -2.14. The molecule has 0 bridgehead atoms. The lowest BCUT2D eigenvalue weighted by atomic mass is 10.0. The Morgan fingerprint density at radius 2 is 0.678 bits per heavy atom. The van der Waals surface area contributed by atoms with E-state index in [9.17, 15) is 14.7 Å². The average Bonchev–Trinajstić information content (AvgIpc) is 3.24. The third-order valence-electron chi connectivity index (χ3n) is 11.3. The van der Waals surface area contributed by atoms with Gasteiger partial charge in [-0.3, -0.25) is 9.59 Å². The standard InChI is InChI=1S/C54H98O5/c1-3-5-7-9-11-13-15-17-19-21-22-23-24-25-26-27-28-29-30-31-32-33-35-37-39-41-43-45-47-49-54(57)59-52(50-55)51-58-53(56)48-46-44-42-40-38-36-34-20-18-16-14-12-10-8-6-4-2/h15,17,20-22,24-25,34,52,55H,3-14,16,18-19,23,26-33,35-51H2,1-2H3/b17-15-,22-21-,25-24-,34-20-. The number of rotatable bonds is 47. The predicted octanol–water partition coefficient (Wildman–Crippen LogP) is 16.9. The molecule has 5 heteroatoms. The molecule has 0 aromatic carbocycles. The second-order valence-electron chi connectivity index (χ2n) is 17.2. The summed E-state index contributed by atoms with van der Waals surface area (Å²) in [4.78, 5) is 24.4. The van der Waals surface area contributed by atoms with Gasteiger partial charge >= 0.3 is 11.9 Å². The van der Waals surface area contributed by atoms with Crippen molar-refractivity contribution in [2.24, 2.45) is 0 Å². The maximum atomic E-state index is 12.3. The van der Waals surface area contributed by atoms with Gasteiger partial charge < -0.3 is 14.6 Å². The third-order valence-corrected chi connectivity index (χ3v) is 11.3. The first-order chi connectivity index (χ1) is 29.1. The Morgan fingerprint density at radius 1 is 0.390 bits per heavy atom. The van der Waals surface area contributed by atoms with Crippen LogP contribution >= 0.6 is 0 Å². The summed E-state index contributed by atoms with van der Waals surface area (Å²) in [7, 11) is 0. The Labute approximate surface area is 367 Å². The van der Waals surface area contributed by atoms with Crippen LogP contribution in [0.1, 0.15) is 264 Å².